The third-order valence-electron chi connectivity index (χ3n) is 3.47. The predicted octanol–water partition coefficient (Wildman–Crippen LogP) is -0.455. The van der Waals surface area contributed by atoms with E-state index in [0.29, 0.717) is 39.3 Å². The van der Waals surface area contributed by atoms with Gasteiger partial charge in [-0.1, -0.05) is 0 Å². The van der Waals surface area contributed by atoms with Crippen LogP contribution in [-0.2, 0) is 27.2 Å². The van der Waals surface area contributed by atoms with Gasteiger partial charge >= 0.3 is 0 Å². The van der Waals surface area contributed by atoms with Gasteiger partial charge in [0.1, 0.15) is 0 Å². The molecule has 7 nitrogen and oxygen atoms in total. The molecule has 2 heterocycles. The smallest absolute Gasteiger partial charge is 0.240 e. The minimum absolute atomic E-state index is 0.0766. The number of hydrogen-bond acceptors (Lipinski definition) is 5. The van der Waals surface area contributed by atoms with Crippen molar-refractivity contribution in [2.75, 3.05) is 40.5 Å². The van der Waals surface area contributed by atoms with Crippen LogP contribution in [0.25, 0.3) is 0 Å². The highest BCUT2D eigenvalue weighted by atomic mass is 16.5. The van der Waals surface area contributed by atoms with Crippen LogP contribution in [0.3, 0.4) is 0 Å². The summed E-state index contributed by atoms with van der Waals surface area (Å²) in [4.78, 5) is 21.7. The first-order valence-corrected chi connectivity index (χ1v) is 6.77. The molecule has 0 bridgehead atoms. The van der Waals surface area contributed by atoms with Crippen LogP contribution in [0.2, 0.25) is 0 Å². The lowest BCUT2D eigenvalue weighted by Gasteiger charge is -2.29. The number of imidazole rings is 1. The summed E-state index contributed by atoms with van der Waals surface area (Å²) in [5, 5.41) is 3.25. The summed E-state index contributed by atoms with van der Waals surface area (Å²) in [6.45, 7) is 2.84. The third kappa shape index (κ3) is 3.56. The van der Waals surface area contributed by atoms with Gasteiger partial charge in [0, 0.05) is 40.3 Å². The molecule has 2 rings (SSSR count). The Bertz CT molecular complexity index is 427. The van der Waals surface area contributed by atoms with E-state index < -0.39 is 0 Å². The van der Waals surface area contributed by atoms with Gasteiger partial charge in [-0.2, -0.15) is 0 Å². The zero-order chi connectivity index (χ0) is 14.4. The Kier molecular flexibility index (Phi) is 5.51. The van der Waals surface area contributed by atoms with Crippen molar-refractivity contribution in [1.82, 2.24) is 20.2 Å². The van der Waals surface area contributed by atoms with Crippen molar-refractivity contribution in [2.45, 2.75) is 19.0 Å². The highest BCUT2D eigenvalue weighted by Crippen LogP contribution is 2.13. The van der Waals surface area contributed by atoms with Crippen molar-refractivity contribution >= 4 is 5.91 Å². The van der Waals surface area contributed by atoms with Crippen molar-refractivity contribution in [3.8, 4) is 0 Å². The molecule has 0 radical (unpaired) electrons. The van der Waals surface area contributed by atoms with E-state index in [9.17, 15) is 4.79 Å². The van der Waals surface area contributed by atoms with Crippen molar-refractivity contribution in [3.63, 3.8) is 0 Å². The normalized spacial score (nSPS) is 17.8. The number of aromatic nitrogens is 2. The summed E-state index contributed by atoms with van der Waals surface area (Å²) in [5.41, 5.74) is 2.04. The van der Waals surface area contributed by atoms with Crippen LogP contribution in [0.1, 0.15) is 11.4 Å². The van der Waals surface area contributed by atoms with Crippen molar-refractivity contribution < 1.29 is 14.3 Å². The van der Waals surface area contributed by atoms with Crippen LogP contribution in [0.15, 0.2) is 6.33 Å². The Morgan fingerprint density at radius 3 is 2.75 bits per heavy atom. The highest BCUT2D eigenvalue weighted by Gasteiger charge is 2.29. The van der Waals surface area contributed by atoms with E-state index in [1.54, 1.807) is 25.4 Å². The largest absolute Gasteiger partial charge is 0.383 e. The molecule has 1 amide bonds. The molecule has 0 saturated carbocycles. The van der Waals surface area contributed by atoms with Crippen molar-refractivity contribution in [2.24, 2.45) is 0 Å². The molecule has 0 saturated heterocycles. The maximum Gasteiger partial charge on any atom is 0.240 e. The molecular weight excluding hydrogens is 260 g/mol. The van der Waals surface area contributed by atoms with Crippen LogP contribution >= 0.6 is 0 Å². The third-order valence-corrected chi connectivity index (χ3v) is 3.47. The zero-order valence-electron chi connectivity index (χ0n) is 12.0. The van der Waals surface area contributed by atoms with Gasteiger partial charge in [0.15, 0.2) is 0 Å². The molecule has 1 aromatic heterocycles. The van der Waals surface area contributed by atoms with Crippen molar-refractivity contribution in [3.05, 3.63) is 17.7 Å². The summed E-state index contributed by atoms with van der Waals surface area (Å²) in [6.07, 6.45) is 2.29. The van der Waals surface area contributed by atoms with Gasteiger partial charge in [0.05, 0.1) is 37.0 Å². The molecule has 1 unspecified atom stereocenters. The van der Waals surface area contributed by atoms with Crippen molar-refractivity contribution in [1.29, 1.82) is 0 Å². The van der Waals surface area contributed by atoms with E-state index in [0.717, 1.165) is 11.4 Å². The number of carbonyl (C=O) groups is 1. The average molecular weight is 282 g/mol. The Balaban J connectivity index is 1.96. The topological polar surface area (TPSA) is 79.5 Å². The number of methoxy groups -OCH3 is 2. The predicted molar refractivity (Wildman–Crippen MR) is 73.3 cm³/mol. The van der Waals surface area contributed by atoms with Crippen LogP contribution in [-0.4, -0.2) is 67.3 Å². The Hall–Kier alpha value is -1.44. The maximum atomic E-state index is 12.6. The fraction of sp³-hybridized carbons (Fsp3) is 0.692. The number of rotatable bonds is 7. The van der Waals surface area contributed by atoms with E-state index >= 15 is 0 Å². The van der Waals surface area contributed by atoms with E-state index in [-0.39, 0.29) is 11.9 Å². The zero-order valence-corrected chi connectivity index (χ0v) is 12.0. The molecule has 2 N–H and O–H groups in total. The fourth-order valence-corrected chi connectivity index (χ4v) is 2.30. The van der Waals surface area contributed by atoms with E-state index in [2.05, 4.69) is 15.3 Å². The lowest BCUT2D eigenvalue weighted by atomic mass is 10.0. The molecule has 1 aromatic rings. The van der Waals surface area contributed by atoms with Gasteiger partial charge in [0.25, 0.3) is 0 Å². The van der Waals surface area contributed by atoms with E-state index in [4.69, 9.17) is 9.47 Å². The number of nitrogens with one attached hydrogen (secondary N) is 2. The first-order chi connectivity index (χ1) is 9.76. The molecule has 20 heavy (non-hydrogen) atoms. The summed E-state index contributed by atoms with van der Waals surface area (Å²) in [5.74, 6) is 0.0766. The number of carbonyl (C=O) groups excluding carboxylic acids is 1. The molecule has 0 fully saturated rings. The first-order valence-electron chi connectivity index (χ1n) is 6.77. The van der Waals surface area contributed by atoms with Gasteiger partial charge in [-0.3, -0.25) is 10.1 Å². The first kappa shape index (κ1) is 15.0. The quantitative estimate of drug-likeness (QED) is 0.708. The molecule has 7 heteroatoms. The number of ether oxygens (including phenoxy) is 2. The summed E-state index contributed by atoms with van der Waals surface area (Å²) < 4.78 is 10.1. The number of aromatic amines is 1. The molecule has 0 aliphatic carbocycles. The molecule has 1 aliphatic heterocycles. The van der Waals surface area contributed by atoms with Gasteiger partial charge in [-0.25, -0.2) is 4.98 Å². The van der Waals surface area contributed by atoms with Crippen LogP contribution in [0, 0.1) is 0 Å². The number of hydrogen-bond donors (Lipinski definition) is 2. The molecule has 1 atom stereocenters. The number of H-pyrrole nitrogens is 1. The second-order valence-electron chi connectivity index (χ2n) is 4.78. The van der Waals surface area contributed by atoms with Crippen LogP contribution in [0.5, 0.6) is 0 Å². The minimum Gasteiger partial charge on any atom is -0.383 e. The van der Waals surface area contributed by atoms with Gasteiger partial charge in [-0.05, 0) is 0 Å². The Morgan fingerprint density at radius 1 is 1.40 bits per heavy atom. The standard InChI is InChI=1S/C13H22N4O3/c1-19-5-3-17(4-6-20-2)13(18)11-7-10-12(8-14-11)16-9-15-10/h9,11,14H,3-8H2,1-2H3,(H,15,16). The lowest BCUT2D eigenvalue weighted by molar-refractivity contribution is -0.135. The van der Waals surface area contributed by atoms with Crippen LogP contribution in [0.4, 0.5) is 0 Å². The molecule has 112 valence electrons. The monoisotopic (exact) mass is 282 g/mol. The van der Waals surface area contributed by atoms with Gasteiger partial charge in [0.2, 0.25) is 5.91 Å². The minimum atomic E-state index is -0.223. The molecular formula is C13H22N4O3. The second-order valence-corrected chi connectivity index (χ2v) is 4.78. The Morgan fingerprint density at radius 2 is 2.10 bits per heavy atom. The summed E-state index contributed by atoms with van der Waals surface area (Å²) in [7, 11) is 3.27. The van der Waals surface area contributed by atoms with Gasteiger partial charge in [-0.15, -0.1) is 0 Å². The highest BCUT2D eigenvalue weighted by molar-refractivity contribution is 5.82. The molecule has 0 aromatic carbocycles. The SMILES string of the molecule is COCCN(CCOC)C(=O)C1Cc2nc[nH]c2CN1. The molecule has 0 spiro atoms. The number of amides is 1. The summed E-state index contributed by atoms with van der Waals surface area (Å²) >= 11 is 0. The lowest BCUT2D eigenvalue weighted by Crippen LogP contribution is -2.51. The van der Waals surface area contributed by atoms with E-state index in [1.165, 1.54) is 0 Å². The maximum absolute atomic E-state index is 12.6. The van der Waals surface area contributed by atoms with Crippen LogP contribution < -0.4 is 5.32 Å². The fourth-order valence-electron chi connectivity index (χ4n) is 2.30. The molecule has 1 aliphatic rings. The van der Waals surface area contributed by atoms with Gasteiger partial charge < -0.3 is 19.4 Å². The number of nitrogens with zero attached hydrogens (tertiary/aromatic N) is 2. The second kappa shape index (κ2) is 7.37. The van der Waals surface area contributed by atoms with E-state index in [1.807, 2.05) is 0 Å². The number of fused-ring (bicyclic) bond motifs is 1. The average Bonchev–Trinajstić information content (AvgIpc) is 2.94. The Labute approximate surface area is 118 Å². The summed E-state index contributed by atoms with van der Waals surface area (Å²) in [6, 6.07) is -0.223.